The molecule has 0 aliphatic rings. The molecule has 0 radical (unpaired) electrons. The Kier molecular flexibility index (Phi) is 2.23. The molecule has 60 valence electrons. The number of aryl methyl sites for hydroxylation is 1. The van der Waals surface area contributed by atoms with E-state index in [1.807, 2.05) is 0 Å². The second kappa shape index (κ2) is 3.00. The van der Waals surface area contributed by atoms with Gasteiger partial charge >= 0.3 is 5.69 Å². The first-order chi connectivity index (χ1) is 5.16. The maximum absolute atomic E-state index is 10.3. The van der Waals surface area contributed by atoms with E-state index in [0.29, 0.717) is 11.0 Å². The third-order valence-corrected chi connectivity index (χ3v) is 1.89. The third-order valence-electron chi connectivity index (χ3n) is 1.36. The summed E-state index contributed by atoms with van der Waals surface area (Å²) < 4.78 is 1.48. The highest BCUT2D eigenvalue weighted by Crippen LogP contribution is 2.18. The van der Waals surface area contributed by atoms with Crippen LogP contribution in [0.2, 0.25) is 0 Å². The van der Waals surface area contributed by atoms with Crippen LogP contribution < -0.4 is 0 Å². The Morgan fingerprint density at radius 1 is 1.91 bits per heavy atom. The average molecular weight is 220 g/mol. The summed E-state index contributed by atoms with van der Waals surface area (Å²) in [7, 11) is 1.67. The molecular weight excluding hydrogens is 214 g/mol. The Hall–Kier alpha value is -0.910. The van der Waals surface area contributed by atoms with Crippen LogP contribution in [0.3, 0.4) is 0 Å². The Morgan fingerprint density at radius 2 is 2.55 bits per heavy atom. The number of aromatic nitrogens is 2. The Balaban J connectivity index is 3.15. The largest absolute Gasteiger partial charge is 0.311 e. The minimum atomic E-state index is -0.441. The van der Waals surface area contributed by atoms with Crippen LogP contribution in [0, 0.1) is 10.1 Å². The lowest BCUT2D eigenvalue weighted by Gasteiger charge is -1.93. The molecule has 0 bridgehead atoms. The summed E-state index contributed by atoms with van der Waals surface area (Å²) in [6.45, 7) is 0. The lowest BCUT2D eigenvalue weighted by atomic mass is 10.4. The van der Waals surface area contributed by atoms with Crippen molar-refractivity contribution in [3.63, 3.8) is 0 Å². The zero-order valence-electron chi connectivity index (χ0n) is 5.82. The fraction of sp³-hybridized carbons (Fsp3) is 0.400. The molecule has 1 heterocycles. The molecule has 0 fully saturated rings. The van der Waals surface area contributed by atoms with Gasteiger partial charge in [0.25, 0.3) is 0 Å². The summed E-state index contributed by atoms with van der Waals surface area (Å²) in [4.78, 5) is 9.88. The third kappa shape index (κ3) is 1.40. The summed E-state index contributed by atoms with van der Waals surface area (Å²) in [5.74, 6) is 0. The predicted molar refractivity (Wildman–Crippen MR) is 42.5 cm³/mol. The molecular formula is C5H6BrN3O2. The predicted octanol–water partition coefficient (Wildman–Crippen LogP) is 1.22. The first kappa shape index (κ1) is 8.19. The van der Waals surface area contributed by atoms with E-state index in [0.717, 1.165) is 0 Å². The molecule has 11 heavy (non-hydrogen) atoms. The van der Waals surface area contributed by atoms with Crippen molar-refractivity contribution in [2.75, 3.05) is 0 Å². The monoisotopic (exact) mass is 219 g/mol. The highest BCUT2D eigenvalue weighted by molar-refractivity contribution is 9.08. The van der Waals surface area contributed by atoms with Gasteiger partial charge in [0.2, 0.25) is 0 Å². The van der Waals surface area contributed by atoms with Gasteiger partial charge in [-0.2, -0.15) is 5.10 Å². The van der Waals surface area contributed by atoms with Crippen LogP contribution in [0.5, 0.6) is 0 Å². The number of halogens is 1. The van der Waals surface area contributed by atoms with E-state index in [1.165, 1.54) is 10.9 Å². The van der Waals surface area contributed by atoms with Crippen molar-refractivity contribution >= 4 is 21.6 Å². The van der Waals surface area contributed by atoms with Crippen LogP contribution in [0.25, 0.3) is 0 Å². The van der Waals surface area contributed by atoms with Crippen molar-refractivity contribution in [3.05, 3.63) is 22.0 Å². The standard InChI is InChI=1S/C5H6BrN3O2/c1-8-4(2-6)5(3-7-8)9(10)11/h3H,2H2,1H3. The second-order valence-corrected chi connectivity index (χ2v) is 2.55. The number of alkyl halides is 1. The number of rotatable bonds is 2. The molecule has 0 saturated carbocycles. The van der Waals surface area contributed by atoms with Crippen molar-refractivity contribution in [3.8, 4) is 0 Å². The van der Waals surface area contributed by atoms with E-state index in [1.54, 1.807) is 7.05 Å². The first-order valence-corrected chi connectivity index (χ1v) is 4.00. The number of hydrogen-bond donors (Lipinski definition) is 0. The van der Waals surface area contributed by atoms with Crippen LogP contribution >= 0.6 is 15.9 Å². The van der Waals surface area contributed by atoms with Gasteiger partial charge in [0.15, 0.2) is 0 Å². The molecule has 0 saturated heterocycles. The summed E-state index contributed by atoms with van der Waals surface area (Å²) in [5.41, 5.74) is 0.638. The summed E-state index contributed by atoms with van der Waals surface area (Å²) in [6, 6.07) is 0. The molecule has 0 spiro atoms. The van der Waals surface area contributed by atoms with Gasteiger partial charge in [-0.3, -0.25) is 14.8 Å². The Morgan fingerprint density at radius 3 is 2.91 bits per heavy atom. The zero-order valence-corrected chi connectivity index (χ0v) is 7.41. The van der Waals surface area contributed by atoms with Crippen LogP contribution in [0.4, 0.5) is 5.69 Å². The average Bonchev–Trinajstić information content (AvgIpc) is 2.30. The zero-order chi connectivity index (χ0) is 8.43. The van der Waals surface area contributed by atoms with Crippen molar-refractivity contribution in [2.24, 2.45) is 7.05 Å². The maximum Gasteiger partial charge on any atom is 0.311 e. The van der Waals surface area contributed by atoms with E-state index in [2.05, 4.69) is 21.0 Å². The number of nitro groups is 1. The summed E-state index contributed by atoms with van der Waals surface area (Å²) in [5, 5.41) is 14.5. The van der Waals surface area contributed by atoms with E-state index < -0.39 is 4.92 Å². The van der Waals surface area contributed by atoms with Gasteiger partial charge in [-0.1, -0.05) is 15.9 Å². The van der Waals surface area contributed by atoms with Crippen molar-refractivity contribution < 1.29 is 4.92 Å². The van der Waals surface area contributed by atoms with Gasteiger partial charge in [-0.15, -0.1) is 0 Å². The molecule has 0 aliphatic heterocycles. The lowest BCUT2D eigenvalue weighted by Crippen LogP contribution is -1.97. The molecule has 1 aromatic heterocycles. The molecule has 1 rings (SSSR count). The Labute approximate surface area is 71.3 Å². The summed E-state index contributed by atoms with van der Waals surface area (Å²) in [6.07, 6.45) is 1.25. The van der Waals surface area contributed by atoms with Crippen LogP contribution in [-0.2, 0) is 12.4 Å². The molecule has 0 aromatic carbocycles. The molecule has 0 amide bonds. The molecule has 6 heteroatoms. The topological polar surface area (TPSA) is 61.0 Å². The summed E-state index contributed by atoms with van der Waals surface area (Å²) >= 11 is 3.14. The van der Waals surface area contributed by atoms with Gasteiger partial charge < -0.3 is 0 Å². The molecule has 0 unspecified atom stereocenters. The van der Waals surface area contributed by atoms with E-state index >= 15 is 0 Å². The SMILES string of the molecule is Cn1ncc([N+](=O)[O-])c1CBr. The van der Waals surface area contributed by atoms with Crippen LogP contribution in [0.15, 0.2) is 6.20 Å². The van der Waals surface area contributed by atoms with Gasteiger partial charge in [0.05, 0.1) is 10.3 Å². The van der Waals surface area contributed by atoms with E-state index in [-0.39, 0.29) is 5.69 Å². The van der Waals surface area contributed by atoms with Crippen LogP contribution in [-0.4, -0.2) is 14.7 Å². The minimum Gasteiger partial charge on any atom is -0.265 e. The minimum absolute atomic E-state index is 0.0596. The second-order valence-electron chi connectivity index (χ2n) is 1.99. The van der Waals surface area contributed by atoms with Gasteiger partial charge in [-0.05, 0) is 0 Å². The quantitative estimate of drug-likeness (QED) is 0.427. The van der Waals surface area contributed by atoms with Crippen LogP contribution in [0.1, 0.15) is 5.69 Å². The lowest BCUT2D eigenvalue weighted by molar-refractivity contribution is -0.385. The van der Waals surface area contributed by atoms with E-state index in [4.69, 9.17) is 0 Å². The molecule has 0 N–H and O–H groups in total. The van der Waals surface area contributed by atoms with Gasteiger partial charge in [-0.25, -0.2) is 0 Å². The normalized spacial score (nSPS) is 10.0. The van der Waals surface area contributed by atoms with Crippen molar-refractivity contribution in [1.82, 2.24) is 9.78 Å². The fourth-order valence-electron chi connectivity index (χ4n) is 0.759. The van der Waals surface area contributed by atoms with E-state index in [9.17, 15) is 10.1 Å². The molecule has 1 aromatic rings. The highest BCUT2D eigenvalue weighted by Gasteiger charge is 2.16. The molecule has 5 nitrogen and oxygen atoms in total. The Bertz CT molecular complexity index is 283. The molecule has 0 aliphatic carbocycles. The molecule has 0 atom stereocenters. The highest BCUT2D eigenvalue weighted by atomic mass is 79.9. The van der Waals surface area contributed by atoms with Crippen molar-refractivity contribution in [1.29, 1.82) is 0 Å². The fourth-order valence-corrected chi connectivity index (χ4v) is 1.41. The van der Waals surface area contributed by atoms with Crippen molar-refractivity contribution in [2.45, 2.75) is 5.33 Å². The van der Waals surface area contributed by atoms with Gasteiger partial charge in [0, 0.05) is 7.05 Å². The number of hydrogen-bond acceptors (Lipinski definition) is 3. The van der Waals surface area contributed by atoms with Gasteiger partial charge in [0.1, 0.15) is 11.9 Å². The first-order valence-electron chi connectivity index (χ1n) is 2.88. The maximum atomic E-state index is 10.3. The number of nitrogens with zero attached hydrogens (tertiary/aromatic N) is 3. The smallest absolute Gasteiger partial charge is 0.265 e.